The summed E-state index contributed by atoms with van der Waals surface area (Å²) in [6.07, 6.45) is 0.635. The lowest BCUT2D eigenvalue weighted by Gasteiger charge is -2.00. The number of hydrogen-bond donors (Lipinski definition) is 1. The third kappa shape index (κ3) is 2.60. The molecule has 0 aliphatic heterocycles. The zero-order valence-corrected chi connectivity index (χ0v) is 11.9. The highest BCUT2D eigenvalue weighted by atomic mass is 32.2. The van der Waals surface area contributed by atoms with Crippen LogP contribution >= 0.6 is 11.8 Å². The summed E-state index contributed by atoms with van der Waals surface area (Å²) >= 11 is 1.55. The molecule has 1 aromatic carbocycles. The molecule has 0 saturated carbocycles. The van der Waals surface area contributed by atoms with Gasteiger partial charge in [0.25, 0.3) is 11.3 Å². The molecule has 0 amide bonds. The van der Waals surface area contributed by atoms with E-state index in [0.29, 0.717) is 17.4 Å². The molecule has 0 unspecified atom stereocenters. The van der Waals surface area contributed by atoms with Crippen molar-refractivity contribution in [3.8, 4) is 0 Å². The number of nitrogens with zero attached hydrogens (tertiary/aromatic N) is 3. The maximum Gasteiger partial charge on any atom is 0.274 e. The van der Waals surface area contributed by atoms with Crippen LogP contribution in [0.5, 0.6) is 0 Å². The second kappa shape index (κ2) is 5.50. The molecule has 2 heterocycles. The summed E-state index contributed by atoms with van der Waals surface area (Å²) in [5.74, 6) is 1.32. The molecule has 0 saturated heterocycles. The monoisotopic (exact) mass is 286 g/mol. The van der Waals surface area contributed by atoms with Crippen LogP contribution in [0.25, 0.3) is 5.78 Å². The van der Waals surface area contributed by atoms with Gasteiger partial charge >= 0.3 is 0 Å². The fraction of sp³-hybridized carbons (Fsp3) is 0.214. The van der Waals surface area contributed by atoms with Gasteiger partial charge in [-0.3, -0.25) is 9.89 Å². The number of H-pyrrole nitrogens is 1. The molecule has 0 bridgehead atoms. The fourth-order valence-electron chi connectivity index (χ4n) is 2.00. The van der Waals surface area contributed by atoms with Crippen molar-refractivity contribution in [3.05, 3.63) is 58.0 Å². The van der Waals surface area contributed by atoms with Gasteiger partial charge in [0.15, 0.2) is 5.16 Å². The quantitative estimate of drug-likeness (QED) is 0.746. The average molecular weight is 286 g/mol. The van der Waals surface area contributed by atoms with Crippen LogP contribution in [-0.2, 0) is 6.42 Å². The van der Waals surface area contributed by atoms with E-state index < -0.39 is 0 Å². The molecule has 0 fully saturated rings. The van der Waals surface area contributed by atoms with Crippen LogP contribution in [-0.4, -0.2) is 25.3 Å². The van der Waals surface area contributed by atoms with E-state index in [1.54, 1.807) is 17.8 Å². The Balaban J connectivity index is 1.99. The highest BCUT2D eigenvalue weighted by Gasteiger charge is 2.08. The second-order valence-corrected chi connectivity index (χ2v) is 5.60. The average Bonchev–Trinajstić information content (AvgIpc) is 2.83. The molecule has 0 aliphatic rings. The third-order valence-corrected chi connectivity index (χ3v) is 3.62. The van der Waals surface area contributed by atoms with Crippen molar-refractivity contribution in [2.24, 2.45) is 0 Å². The molecule has 1 N–H and O–H groups in total. The third-order valence-electron chi connectivity index (χ3n) is 2.87. The Kier molecular flexibility index (Phi) is 3.56. The lowest BCUT2D eigenvalue weighted by molar-refractivity contribution is 0.841. The van der Waals surface area contributed by atoms with Crippen LogP contribution in [0.3, 0.4) is 0 Å². The van der Waals surface area contributed by atoms with Crippen molar-refractivity contribution in [1.29, 1.82) is 0 Å². The van der Waals surface area contributed by atoms with Gasteiger partial charge in [-0.25, -0.2) is 4.98 Å². The fourth-order valence-corrected chi connectivity index (χ4v) is 2.58. The first-order chi connectivity index (χ1) is 9.76. The first-order valence-electron chi connectivity index (χ1n) is 6.41. The number of fused-ring (bicyclic) bond motifs is 1. The standard InChI is InChI=1S/C14H14N4OS/c1-2-20-14-16-13-15-11(9-12(19)18(13)17-14)8-10-6-4-3-5-7-10/h3-7,9H,2,8H2,1H3,(H,15,16,17). The summed E-state index contributed by atoms with van der Waals surface area (Å²) in [6, 6.07) is 11.5. The van der Waals surface area contributed by atoms with Crippen molar-refractivity contribution >= 4 is 17.5 Å². The molecule has 20 heavy (non-hydrogen) atoms. The van der Waals surface area contributed by atoms with Crippen molar-refractivity contribution < 1.29 is 0 Å². The number of aromatic nitrogens is 4. The predicted octanol–water partition coefficient (Wildman–Crippen LogP) is 2.12. The SMILES string of the molecule is CCSc1nc2nc(Cc3ccccc3)cc(=O)n2[nH]1. The summed E-state index contributed by atoms with van der Waals surface area (Å²) in [4.78, 5) is 20.8. The molecule has 2 aromatic heterocycles. The highest BCUT2D eigenvalue weighted by molar-refractivity contribution is 7.99. The lowest BCUT2D eigenvalue weighted by atomic mass is 10.1. The van der Waals surface area contributed by atoms with E-state index in [0.717, 1.165) is 17.0 Å². The summed E-state index contributed by atoms with van der Waals surface area (Å²) < 4.78 is 1.38. The minimum absolute atomic E-state index is 0.128. The molecule has 0 radical (unpaired) electrons. The largest absolute Gasteiger partial charge is 0.274 e. The Bertz CT molecular complexity index is 779. The molecule has 102 valence electrons. The highest BCUT2D eigenvalue weighted by Crippen LogP contribution is 2.12. The Morgan fingerprint density at radius 2 is 2.05 bits per heavy atom. The minimum Gasteiger partial charge on any atom is -0.267 e. The second-order valence-electron chi connectivity index (χ2n) is 4.35. The van der Waals surface area contributed by atoms with Crippen LogP contribution < -0.4 is 5.56 Å². The predicted molar refractivity (Wildman–Crippen MR) is 79.3 cm³/mol. The molecule has 0 atom stereocenters. The van der Waals surface area contributed by atoms with Crippen LogP contribution in [0.15, 0.2) is 46.3 Å². The molecule has 3 aromatic rings. The molecular weight excluding hydrogens is 272 g/mol. The zero-order valence-electron chi connectivity index (χ0n) is 11.0. The van der Waals surface area contributed by atoms with Crippen LogP contribution in [0.2, 0.25) is 0 Å². The Hall–Kier alpha value is -2.08. The smallest absolute Gasteiger partial charge is 0.267 e. The molecule has 6 heteroatoms. The molecular formula is C14H14N4OS. The first kappa shape index (κ1) is 12.9. The van der Waals surface area contributed by atoms with E-state index in [-0.39, 0.29) is 5.56 Å². The van der Waals surface area contributed by atoms with Crippen molar-refractivity contribution in [1.82, 2.24) is 19.6 Å². The Morgan fingerprint density at radius 1 is 1.25 bits per heavy atom. The topological polar surface area (TPSA) is 63.1 Å². The van der Waals surface area contributed by atoms with Gasteiger partial charge in [0.05, 0.1) is 5.69 Å². The van der Waals surface area contributed by atoms with E-state index in [1.165, 1.54) is 4.52 Å². The first-order valence-corrected chi connectivity index (χ1v) is 7.40. The number of thioether (sulfide) groups is 1. The number of benzene rings is 1. The molecule has 3 rings (SSSR count). The minimum atomic E-state index is -0.128. The van der Waals surface area contributed by atoms with Crippen molar-refractivity contribution in [2.75, 3.05) is 5.75 Å². The number of rotatable bonds is 4. The van der Waals surface area contributed by atoms with Gasteiger partial charge in [-0.2, -0.15) is 9.50 Å². The Morgan fingerprint density at radius 3 is 2.80 bits per heavy atom. The zero-order chi connectivity index (χ0) is 13.9. The van der Waals surface area contributed by atoms with Crippen molar-refractivity contribution in [3.63, 3.8) is 0 Å². The van der Waals surface area contributed by atoms with E-state index in [9.17, 15) is 4.79 Å². The van der Waals surface area contributed by atoms with Crippen LogP contribution in [0, 0.1) is 0 Å². The Labute approximate surface area is 120 Å². The van der Waals surface area contributed by atoms with Gasteiger partial charge < -0.3 is 0 Å². The van der Waals surface area contributed by atoms with Gasteiger partial charge in [-0.1, -0.05) is 49.0 Å². The maximum absolute atomic E-state index is 12.0. The van der Waals surface area contributed by atoms with Gasteiger partial charge in [0.1, 0.15) is 0 Å². The summed E-state index contributed by atoms with van der Waals surface area (Å²) in [7, 11) is 0. The van der Waals surface area contributed by atoms with Crippen LogP contribution in [0.4, 0.5) is 0 Å². The van der Waals surface area contributed by atoms with Gasteiger partial charge in [0, 0.05) is 12.5 Å². The van der Waals surface area contributed by atoms with Gasteiger partial charge in [-0.05, 0) is 11.3 Å². The van der Waals surface area contributed by atoms with E-state index in [2.05, 4.69) is 15.1 Å². The van der Waals surface area contributed by atoms with E-state index >= 15 is 0 Å². The number of nitrogens with one attached hydrogen (secondary N) is 1. The summed E-state index contributed by atoms with van der Waals surface area (Å²) in [6.45, 7) is 2.04. The number of aromatic amines is 1. The molecule has 0 spiro atoms. The van der Waals surface area contributed by atoms with Gasteiger partial charge in [0.2, 0.25) is 0 Å². The summed E-state index contributed by atoms with van der Waals surface area (Å²) in [5.41, 5.74) is 1.74. The van der Waals surface area contributed by atoms with E-state index in [1.807, 2.05) is 37.3 Å². The summed E-state index contributed by atoms with van der Waals surface area (Å²) in [5, 5.41) is 3.67. The lowest BCUT2D eigenvalue weighted by Crippen LogP contribution is -2.15. The normalized spacial score (nSPS) is 11.1. The van der Waals surface area contributed by atoms with Gasteiger partial charge in [-0.15, -0.1) is 0 Å². The van der Waals surface area contributed by atoms with E-state index in [4.69, 9.17) is 0 Å². The molecule has 0 aliphatic carbocycles. The maximum atomic E-state index is 12.0. The van der Waals surface area contributed by atoms with Crippen LogP contribution in [0.1, 0.15) is 18.2 Å². The van der Waals surface area contributed by atoms with Crippen molar-refractivity contribution in [2.45, 2.75) is 18.5 Å². The number of hydrogen-bond acceptors (Lipinski definition) is 4. The molecule has 5 nitrogen and oxygen atoms in total.